The molecule has 1 aliphatic heterocycles. The van der Waals surface area contributed by atoms with Crippen molar-refractivity contribution in [3.63, 3.8) is 0 Å². The molecule has 0 atom stereocenters. The lowest BCUT2D eigenvalue weighted by Gasteiger charge is -2.23. The summed E-state index contributed by atoms with van der Waals surface area (Å²) in [5, 5.41) is 17.6. The van der Waals surface area contributed by atoms with Gasteiger partial charge in [0.15, 0.2) is 0 Å². The van der Waals surface area contributed by atoms with E-state index in [-0.39, 0.29) is 39.4 Å². The minimum atomic E-state index is -0.513. The maximum atomic E-state index is 11.8. The van der Waals surface area contributed by atoms with Crippen LogP contribution < -0.4 is 0 Å². The number of urea groups is 1. The van der Waals surface area contributed by atoms with Gasteiger partial charge in [-0.25, -0.2) is 4.79 Å². The van der Waals surface area contributed by atoms with Gasteiger partial charge < -0.3 is 20.0 Å². The summed E-state index contributed by atoms with van der Waals surface area (Å²) >= 11 is 0. The highest BCUT2D eigenvalue weighted by molar-refractivity contribution is 6.04. The predicted molar refractivity (Wildman–Crippen MR) is 60.5 cm³/mol. The van der Waals surface area contributed by atoms with Crippen LogP contribution in [-0.2, 0) is 9.59 Å². The SMILES string of the molecule is CN1CC(=O)N(CC(=O)N(CCO)CCO)C1=O. The van der Waals surface area contributed by atoms with Crippen LogP contribution in [0.1, 0.15) is 0 Å². The second-order valence-corrected chi connectivity index (χ2v) is 3.95. The maximum absolute atomic E-state index is 11.8. The van der Waals surface area contributed by atoms with E-state index in [0.717, 1.165) is 4.90 Å². The summed E-state index contributed by atoms with van der Waals surface area (Å²) in [4.78, 5) is 38.1. The van der Waals surface area contributed by atoms with E-state index in [0.29, 0.717) is 0 Å². The van der Waals surface area contributed by atoms with Crippen LogP contribution in [0.3, 0.4) is 0 Å². The van der Waals surface area contributed by atoms with Gasteiger partial charge >= 0.3 is 6.03 Å². The summed E-state index contributed by atoms with van der Waals surface area (Å²) in [7, 11) is 1.48. The van der Waals surface area contributed by atoms with E-state index >= 15 is 0 Å². The standard InChI is InChI=1S/C10H17N3O5/c1-11-6-9(17)13(10(11)18)7-8(16)12(2-4-14)3-5-15/h14-15H,2-7H2,1H3. The molecule has 8 nitrogen and oxygen atoms in total. The Morgan fingerprint density at radius 2 is 1.83 bits per heavy atom. The van der Waals surface area contributed by atoms with E-state index < -0.39 is 17.8 Å². The summed E-state index contributed by atoms with van der Waals surface area (Å²) in [6.07, 6.45) is 0. The van der Waals surface area contributed by atoms with Gasteiger partial charge in [-0.2, -0.15) is 0 Å². The molecule has 0 bridgehead atoms. The van der Waals surface area contributed by atoms with Crippen LogP contribution in [0.5, 0.6) is 0 Å². The number of likely N-dealkylation sites (N-methyl/N-ethyl adjacent to an activating group) is 1. The van der Waals surface area contributed by atoms with Crippen LogP contribution in [0, 0.1) is 0 Å². The molecule has 2 N–H and O–H groups in total. The molecule has 0 saturated carbocycles. The van der Waals surface area contributed by atoms with Crippen molar-refractivity contribution in [3.8, 4) is 0 Å². The van der Waals surface area contributed by atoms with Gasteiger partial charge in [0.1, 0.15) is 13.1 Å². The average Bonchev–Trinajstić information content (AvgIpc) is 2.55. The molecule has 0 aliphatic carbocycles. The van der Waals surface area contributed by atoms with Crippen LogP contribution in [0.15, 0.2) is 0 Å². The van der Waals surface area contributed by atoms with Crippen molar-refractivity contribution in [1.29, 1.82) is 0 Å². The van der Waals surface area contributed by atoms with Crippen molar-refractivity contribution in [2.24, 2.45) is 0 Å². The minimum absolute atomic E-state index is 0.0356. The van der Waals surface area contributed by atoms with E-state index in [9.17, 15) is 14.4 Å². The molecule has 0 radical (unpaired) electrons. The minimum Gasteiger partial charge on any atom is -0.395 e. The zero-order chi connectivity index (χ0) is 13.7. The van der Waals surface area contributed by atoms with Crippen LogP contribution in [-0.4, -0.2) is 89.2 Å². The summed E-state index contributed by atoms with van der Waals surface area (Å²) in [5.41, 5.74) is 0. The Labute approximate surface area is 104 Å². The third kappa shape index (κ3) is 3.17. The van der Waals surface area contributed by atoms with Crippen molar-refractivity contribution >= 4 is 17.8 Å². The molecule has 0 aromatic rings. The third-order valence-corrected chi connectivity index (χ3v) is 2.62. The Morgan fingerprint density at radius 1 is 1.28 bits per heavy atom. The molecule has 4 amide bonds. The van der Waals surface area contributed by atoms with Crippen molar-refractivity contribution < 1.29 is 24.6 Å². The van der Waals surface area contributed by atoms with Gasteiger partial charge in [0.2, 0.25) is 5.91 Å². The number of aliphatic hydroxyl groups is 2. The molecular weight excluding hydrogens is 242 g/mol. The van der Waals surface area contributed by atoms with Crippen LogP contribution in [0.4, 0.5) is 4.79 Å². The van der Waals surface area contributed by atoms with Gasteiger partial charge in [-0.1, -0.05) is 0 Å². The predicted octanol–water partition coefficient (Wildman–Crippen LogP) is -2.31. The van der Waals surface area contributed by atoms with Crippen molar-refractivity contribution in [1.82, 2.24) is 14.7 Å². The van der Waals surface area contributed by atoms with Crippen LogP contribution in [0.25, 0.3) is 0 Å². The van der Waals surface area contributed by atoms with Gasteiger partial charge in [0.25, 0.3) is 5.91 Å². The molecule has 0 aromatic carbocycles. The molecule has 0 aromatic heterocycles. The highest BCUT2D eigenvalue weighted by atomic mass is 16.3. The molecule has 1 aliphatic rings. The average molecular weight is 259 g/mol. The fourth-order valence-corrected chi connectivity index (χ4v) is 1.66. The van der Waals surface area contributed by atoms with E-state index in [1.165, 1.54) is 16.8 Å². The lowest BCUT2D eigenvalue weighted by Crippen LogP contribution is -2.45. The van der Waals surface area contributed by atoms with E-state index in [2.05, 4.69) is 0 Å². The Morgan fingerprint density at radius 3 is 2.22 bits per heavy atom. The van der Waals surface area contributed by atoms with Gasteiger partial charge in [0, 0.05) is 20.1 Å². The van der Waals surface area contributed by atoms with E-state index in [1.807, 2.05) is 0 Å². The highest BCUT2D eigenvalue weighted by Crippen LogP contribution is 2.08. The fraction of sp³-hybridized carbons (Fsp3) is 0.700. The Balaban J connectivity index is 2.62. The second kappa shape index (κ2) is 6.31. The Bertz CT molecular complexity index is 340. The zero-order valence-corrected chi connectivity index (χ0v) is 10.2. The smallest absolute Gasteiger partial charge is 0.327 e. The normalized spacial score (nSPS) is 15.5. The molecule has 1 heterocycles. The first-order chi connectivity index (χ1) is 8.51. The number of carbonyl (C=O) groups is 3. The van der Waals surface area contributed by atoms with Crippen molar-refractivity contribution in [2.45, 2.75) is 0 Å². The van der Waals surface area contributed by atoms with E-state index in [4.69, 9.17) is 10.2 Å². The fourth-order valence-electron chi connectivity index (χ4n) is 1.66. The Kier molecular flexibility index (Phi) is 5.05. The summed E-state index contributed by atoms with van der Waals surface area (Å²) < 4.78 is 0. The van der Waals surface area contributed by atoms with Crippen LogP contribution >= 0.6 is 0 Å². The van der Waals surface area contributed by atoms with Gasteiger partial charge in [-0.15, -0.1) is 0 Å². The summed E-state index contributed by atoms with van der Waals surface area (Å²) in [5.74, 6) is -0.904. The molecule has 102 valence electrons. The monoisotopic (exact) mass is 259 g/mol. The summed E-state index contributed by atoms with van der Waals surface area (Å²) in [6.45, 7) is -0.758. The lowest BCUT2D eigenvalue weighted by molar-refractivity contribution is -0.137. The quantitative estimate of drug-likeness (QED) is 0.522. The second-order valence-electron chi connectivity index (χ2n) is 3.95. The molecule has 1 rings (SSSR count). The largest absolute Gasteiger partial charge is 0.395 e. The molecular formula is C10H17N3O5. The third-order valence-electron chi connectivity index (χ3n) is 2.62. The molecule has 18 heavy (non-hydrogen) atoms. The molecule has 8 heteroatoms. The number of nitrogens with zero attached hydrogens (tertiary/aromatic N) is 3. The first-order valence-electron chi connectivity index (χ1n) is 5.56. The maximum Gasteiger partial charge on any atom is 0.327 e. The first-order valence-corrected chi connectivity index (χ1v) is 5.56. The first kappa shape index (κ1) is 14.4. The van der Waals surface area contributed by atoms with Gasteiger partial charge in [-0.05, 0) is 0 Å². The van der Waals surface area contributed by atoms with Gasteiger partial charge in [-0.3, -0.25) is 14.5 Å². The number of aliphatic hydroxyl groups excluding tert-OH is 2. The number of imide groups is 1. The Hall–Kier alpha value is -1.67. The number of rotatable bonds is 6. The molecule has 0 unspecified atom stereocenters. The zero-order valence-electron chi connectivity index (χ0n) is 10.2. The van der Waals surface area contributed by atoms with E-state index in [1.54, 1.807) is 0 Å². The summed E-state index contributed by atoms with van der Waals surface area (Å²) in [6, 6.07) is -0.513. The topological polar surface area (TPSA) is 101 Å². The number of hydrogen-bond acceptors (Lipinski definition) is 5. The molecule has 0 spiro atoms. The van der Waals surface area contributed by atoms with Crippen LogP contribution in [0.2, 0.25) is 0 Å². The number of carbonyl (C=O) groups excluding carboxylic acids is 3. The van der Waals surface area contributed by atoms with Gasteiger partial charge in [0.05, 0.1) is 13.2 Å². The number of amides is 4. The lowest BCUT2D eigenvalue weighted by atomic mass is 10.4. The van der Waals surface area contributed by atoms with Crippen molar-refractivity contribution in [3.05, 3.63) is 0 Å². The highest BCUT2D eigenvalue weighted by Gasteiger charge is 2.35. The molecule has 1 fully saturated rings. The number of hydrogen-bond donors (Lipinski definition) is 2. The van der Waals surface area contributed by atoms with Crippen molar-refractivity contribution in [2.75, 3.05) is 46.4 Å². The molecule has 1 saturated heterocycles.